The molecular formula is C12H14ClNO3. The molecule has 0 bridgehead atoms. The molecule has 1 aromatic carbocycles. The van der Waals surface area contributed by atoms with Gasteiger partial charge in [-0.05, 0) is 31.0 Å². The number of aryl methyl sites for hydroxylation is 1. The van der Waals surface area contributed by atoms with E-state index in [0.717, 1.165) is 5.56 Å². The lowest BCUT2D eigenvalue weighted by atomic mass is 10.1. The highest BCUT2D eigenvalue weighted by Crippen LogP contribution is 2.17. The second-order valence-corrected chi connectivity index (χ2v) is 4.16. The molecule has 0 heterocycles. The summed E-state index contributed by atoms with van der Waals surface area (Å²) in [5.41, 5.74) is 1.23. The summed E-state index contributed by atoms with van der Waals surface area (Å²) in [7, 11) is 0. The topological polar surface area (TPSA) is 66.4 Å². The summed E-state index contributed by atoms with van der Waals surface area (Å²) in [6.45, 7) is 3.55. The SMILES string of the molecule is CCC(NC(=O)c1ccc(C)cc1Cl)C(=O)O. The Hall–Kier alpha value is -1.55. The predicted octanol–water partition coefficient (Wildman–Crippen LogP) is 2.24. The van der Waals surface area contributed by atoms with Crippen LogP contribution < -0.4 is 5.32 Å². The minimum absolute atomic E-state index is 0.289. The third kappa shape index (κ3) is 3.46. The molecule has 1 rings (SSSR count). The fourth-order valence-corrected chi connectivity index (χ4v) is 1.70. The maximum absolute atomic E-state index is 11.8. The monoisotopic (exact) mass is 255 g/mol. The lowest BCUT2D eigenvalue weighted by Gasteiger charge is -2.13. The lowest BCUT2D eigenvalue weighted by molar-refractivity contribution is -0.139. The fourth-order valence-electron chi connectivity index (χ4n) is 1.38. The molecule has 1 atom stereocenters. The molecule has 0 aromatic heterocycles. The highest BCUT2D eigenvalue weighted by atomic mass is 35.5. The zero-order valence-electron chi connectivity index (χ0n) is 9.66. The Balaban J connectivity index is 2.86. The van der Waals surface area contributed by atoms with Gasteiger partial charge in [0.05, 0.1) is 10.6 Å². The van der Waals surface area contributed by atoms with Gasteiger partial charge >= 0.3 is 5.97 Å². The smallest absolute Gasteiger partial charge is 0.326 e. The minimum Gasteiger partial charge on any atom is -0.480 e. The van der Waals surface area contributed by atoms with Gasteiger partial charge in [-0.25, -0.2) is 4.79 Å². The number of carboxylic acids is 1. The molecule has 0 saturated carbocycles. The van der Waals surface area contributed by atoms with Crippen LogP contribution in [0.4, 0.5) is 0 Å². The number of hydrogen-bond acceptors (Lipinski definition) is 2. The summed E-state index contributed by atoms with van der Waals surface area (Å²) in [5.74, 6) is -1.52. The summed E-state index contributed by atoms with van der Waals surface area (Å²) in [4.78, 5) is 22.6. The summed E-state index contributed by atoms with van der Waals surface area (Å²) in [6, 6.07) is 4.11. The first kappa shape index (κ1) is 13.5. The Morgan fingerprint density at radius 1 is 1.47 bits per heavy atom. The third-order valence-electron chi connectivity index (χ3n) is 2.38. The molecule has 1 unspecified atom stereocenters. The largest absolute Gasteiger partial charge is 0.480 e. The standard InChI is InChI=1S/C12H14ClNO3/c1-3-10(12(16)17)14-11(15)8-5-4-7(2)6-9(8)13/h4-6,10H,3H2,1-2H3,(H,14,15)(H,16,17). The van der Waals surface area contributed by atoms with Crippen molar-refractivity contribution in [3.05, 3.63) is 34.3 Å². The number of nitrogens with one attached hydrogen (secondary N) is 1. The Bertz CT molecular complexity index is 445. The first-order valence-corrected chi connectivity index (χ1v) is 5.63. The molecule has 0 aliphatic carbocycles. The van der Waals surface area contributed by atoms with Crippen molar-refractivity contribution < 1.29 is 14.7 Å². The van der Waals surface area contributed by atoms with Gasteiger partial charge in [-0.1, -0.05) is 24.6 Å². The molecule has 2 N–H and O–H groups in total. The van der Waals surface area contributed by atoms with Gasteiger partial charge in [0.25, 0.3) is 5.91 Å². The zero-order valence-corrected chi connectivity index (χ0v) is 10.4. The molecule has 0 saturated heterocycles. The summed E-state index contributed by atoms with van der Waals surface area (Å²) < 4.78 is 0. The molecule has 0 aliphatic heterocycles. The number of carboxylic acid groups (broad SMARTS) is 1. The van der Waals surface area contributed by atoms with Gasteiger partial charge in [0.1, 0.15) is 6.04 Å². The molecule has 92 valence electrons. The number of rotatable bonds is 4. The maximum atomic E-state index is 11.8. The van der Waals surface area contributed by atoms with Crippen LogP contribution in [0.3, 0.4) is 0 Å². The number of amides is 1. The molecule has 0 spiro atoms. The van der Waals surface area contributed by atoms with E-state index in [1.54, 1.807) is 25.1 Å². The first-order valence-electron chi connectivity index (χ1n) is 5.25. The van der Waals surface area contributed by atoms with Gasteiger partial charge in [0, 0.05) is 0 Å². The quantitative estimate of drug-likeness (QED) is 0.867. The van der Waals surface area contributed by atoms with Crippen LogP contribution in [0, 0.1) is 6.92 Å². The van der Waals surface area contributed by atoms with E-state index in [-0.39, 0.29) is 5.56 Å². The number of hydrogen-bond donors (Lipinski definition) is 2. The van der Waals surface area contributed by atoms with E-state index in [9.17, 15) is 9.59 Å². The first-order chi connectivity index (χ1) is 7.95. The Morgan fingerprint density at radius 2 is 2.12 bits per heavy atom. The van der Waals surface area contributed by atoms with Gasteiger partial charge in [0.15, 0.2) is 0 Å². The van der Waals surface area contributed by atoms with Crippen molar-refractivity contribution in [2.45, 2.75) is 26.3 Å². The van der Waals surface area contributed by atoms with Crippen molar-refractivity contribution in [3.8, 4) is 0 Å². The molecule has 5 heteroatoms. The normalized spacial score (nSPS) is 11.9. The van der Waals surface area contributed by atoms with Gasteiger partial charge in [-0.2, -0.15) is 0 Å². The van der Waals surface area contributed by atoms with Crippen molar-refractivity contribution in [2.75, 3.05) is 0 Å². The van der Waals surface area contributed by atoms with Gasteiger partial charge in [0.2, 0.25) is 0 Å². The molecule has 0 aliphatic rings. The van der Waals surface area contributed by atoms with Crippen LogP contribution in [0.15, 0.2) is 18.2 Å². The van der Waals surface area contributed by atoms with Crippen LogP contribution in [0.2, 0.25) is 5.02 Å². The second kappa shape index (κ2) is 5.68. The van der Waals surface area contributed by atoms with E-state index < -0.39 is 17.9 Å². The van der Waals surface area contributed by atoms with E-state index >= 15 is 0 Å². The van der Waals surface area contributed by atoms with Crippen LogP contribution in [0.25, 0.3) is 0 Å². The highest BCUT2D eigenvalue weighted by molar-refractivity contribution is 6.33. The van der Waals surface area contributed by atoms with Crippen molar-refractivity contribution in [1.82, 2.24) is 5.32 Å². The highest BCUT2D eigenvalue weighted by Gasteiger charge is 2.19. The van der Waals surface area contributed by atoms with E-state index in [2.05, 4.69) is 5.32 Å². The number of benzene rings is 1. The number of aliphatic carboxylic acids is 1. The Morgan fingerprint density at radius 3 is 2.59 bits per heavy atom. The summed E-state index contributed by atoms with van der Waals surface area (Å²) in [6.07, 6.45) is 0.324. The van der Waals surface area contributed by atoms with Gasteiger partial charge in [-0.15, -0.1) is 0 Å². The maximum Gasteiger partial charge on any atom is 0.326 e. The average Bonchev–Trinajstić information content (AvgIpc) is 2.24. The van der Waals surface area contributed by atoms with Gasteiger partial charge in [-0.3, -0.25) is 4.79 Å². The zero-order chi connectivity index (χ0) is 13.0. The van der Waals surface area contributed by atoms with Crippen molar-refractivity contribution in [3.63, 3.8) is 0 Å². The summed E-state index contributed by atoms with van der Waals surface area (Å²) in [5, 5.41) is 11.6. The van der Waals surface area contributed by atoms with Crippen LogP contribution >= 0.6 is 11.6 Å². The van der Waals surface area contributed by atoms with E-state index in [0.29, 0.717) is 11.4 Å². The predicted molar refractivity (Wildman–Crippen MR) is 65.4 cm³/mol. The van der Waals surface area contributed by atoms with Crippen LogP contribution in [-0.2, 0) is 4.79 Å². The molecule has 0 fully saturated rings. The molecular weight excluding hydrogens is 242 g/mol. The average molecular weight is 256 g/mol. The van der Waals surface area contributed by atoms with Crippen LogP contribution in [0.1, 0.15) is 29.3 Å². The summed E-state index contributed by atoms with van der Waals surface area (Å²) >= 11 is 5.92. The van der Waals surface area contributed by atoms with Crippen molar-refractivity contribution in [2.24, 2.45) is 0 Å². The van der Waals surface area contributed by atoms with Crippen molar-refractivity contribution >= 4 is 23.5 Å². The Labute approximate surface area is 105 Å². The van der Waals surface area contributed by atoms with E-state index in [1.807, 2.05) is 6.92 Å². The lowest BCUT2D eigenvalue weighted by Crippen LogP contribution is -2.40. The molecule has 0 radical (unpaired) electrons. The van der Waals surface area contributed by atoms with Crippen LogP contribution in [0.5, 0.6) is 0 Å². The van der Waals surface area contributed by atoms with Crippen LogP contribution in [-0.4, -0.2) is 23.0 Å². The Kier molecular flexibility index (Phi) is 4.52. The van der Waals surface area contributed by atoms with E-state index in [4.69, 9.17) is 16.7 Å². The molecule has 1 aromatic rings. The number of carbonyl (C=O) groups excluding carboxylic acids is 1. The van der Waals surface area contributed by atoms with Gasteiger partial charge < -0.3 is 10.4 Å². The van der Waals surface area contributed by atoms with E-state index in [1.165, 1.54) is 0 Å². The fraction of sp³-hybridized carbons (Fsp3) is 0.333. The molecule has 1 amide bonds. The number of carbonyl (C=O) groups is 2. The minimum atomic E-state index is -1.05. The molecule has 4 nitrogen and oxygen atoms in total. The molecule has 17 heavy (non-hydrogen) atoms. The third-order valence-corrected chi connectivity index (χ3v) is 2.69. The second-order valence-electron chi connectivity index (χ2n) is 3.76. The van der Waals surface area contributed by atoms with Crippen molar-refractivity contribution in [1.29, 1.82) is 0 Å². The number of halogens is 1.